The highest BCUT2D eigenvalue weighted by Crippen LogP contribution is 2.47. The van der Waals surface area contributed by atoms with Gasteiger partial charge in [-0.05, 0) is 12.0 Å². The number of halogens is 1. The van der Waals surface area contributed by atoms with Gasteiger partial charge in [0.05, 0.1) is 10.7 Å². The molecule has 7 heteroatoms. The average Bonchev–Trinajstić information content (AvgIpc) is 2.95. The molecule has 1 aromatic carbocycles. The Hall–Kier alpha value is -2.21. The predicted octanol–water partition coefficient (Wildman–Crippen LogP) is 3.32. The number of hydrogen-bond donors (Lipinski definition) is 2. The fourth-order valence-electron chi connectivity index (χ4n) is 2.55. The molecule has 0 spiro atoms. The Labute approximate surface area is 132 Å². The summed E-state index contributed by atoms with van der Waals surface area (Å²) in [6.07, 6.45) is 0. The number of carbonyl (C=O) groups is 1. The number of benzene rings is 1. The third-order valence-corrected chi connectivity index (χ3v) is 3.76. The van der Waals surface area contributed by atoms with Gasteiger partial charge in [-0.15, -0.1) is 0 Å². The lowest BCUT2D eigenvalue weighted by Crippen LogP contribution is -2.17. The molecule has 1 aliphatic heterocycles. The van der Waals surface area contributed by atoms with E-state index in [0.29, 0.717) is 41.0 Å². The van der Waals surface area contributed by atoms with Crippen molar-refractivity contribution < 1.29 is 19.4 Å². The zero-order valence-electron chi connectivity index (χ0n) is 12.1. The summed E-state index contributed by atoms with van der Waals surface area (Å²) in [6, 6.07) is 3.15. The third kappa shape index (κ3) is 2.39. The van der Waals surface area contributed by atoms with E-state index in [-0.39, 0.29) is 11.6 Å². The van der Waals surface area contributed by atoms with Crippen molar-refractivity contribution in [2.45, 2.75) is 19.8 Å². The van der Waals surface area contributed by atoms with Gasteiger partial charge in [0.25, 0.3) is 0 Å². The first-order valence-corrected chi connectivity index (χ1v) is 7.28. The van der Waals surface area contributed by atoms with Crippen molar-refractivity contribution >= 4 is 17.6 Å². The van der Waals surface area contributed by atoms with Crippen LogP contribution in [-0.4, -0.2) is 34.5 Å². The minimum atomic E-state index is -1.07. The van der Waals surface area contributed by atoms with E-state index < -0.39 is 5.97 Å². The molecule has 0 unspecified atom stereocenters. The molecule has 0 saturated heterocycles. The molecule has 3 rings (SSSR count). The molecule has 0 saturated carbocycles. The molecule has 0 bridgehead atoms. The number of nitrogens with one attached hydrogen (secondary N) is 1. The van der Waals surface area contributed by atoms with Gasteiger partial charge in [-0.25, -0.2) is 4.79 Å². The Morgan fingerprint density at radius 3 is 2.73 bits per heavy atom. The maximum Gasteiger partial charge on any atom is 0.353 e. The summed E-state index contributed by atoms with van der Waals surface area (Å²) >= 11 is 6.40. The van der Waals surface area contributed by atoms with Gasteiger partial charge in [0, 0.05) is 17.2 Å². The topological polar surface area (TPSA) is 84.4 Å². The van der Waals surface area contributed by atoms with Crippen LogP contribution in [0.3, 0.4) is 0 Å². The summed E-state index contributed by atoms with van der Waals surface area (Å²) in [5.74, 6) is 0.297. The van der Waals surface area contributed by atoms with Crippen LogP contribution in [0.1, 0.15) is 35.8 Å². The smallest absolute Gasteiger partial charge is 0.353 e. The number of aromatic amines is 1. The molecule has 0 atom stereocenters. The molecule has 1 aliphatic rings. The molecule has 0 fully saturated rings. The van der Waals surface area contributed by atoms with Crippen LogP contribution in [0.15, 0.2) is 12.1 Å². The summed E-state index contributed by atoms with van der Waals surface area (Å²) in [6.45, 7) is 4.97. The molecule has 0 radical (unpaired) electrons. The lowest BCUT2D eigenvalue weighted by atomic mass is 9.93. The quantitative estimate of drug-likeness (QED) is 0.905. The van der Waals surface area contributed by atoms with Gasteiger partial charge in [-0.2, -0.15) is 5.10 Å². The van der Waals surface area contributed by atoms with Gasteiger partial charge in [-0.1, -0.05) is 25.4 Å². The zero-order valence-corrected chi connectivity index (χ0v) is 12.9. The van der Waals surface area contributed by atoms with E-state index in [9.17, 15) is 4.79 Å². The van der Waals surface area contributed by atoms with Crippen LogP contribution in [0, 0.1) is 0 Å². The van der Waals surface area contributed by atoms with Crippen molar-refractivity contribution in [2.24, 2.45) is 0 Å². The van der Waals surface area contributed by atoms with Gasteiger partial charge in [-0.3, -0.25) is 5.10 Å². The highest BCUT2D eigenvalue weighted by molar-refractivity contribution is 6.33. The van der Waals surface area contributed by atoms with E-state index >= 15 is 0 Å². The van der Waals surface area contributed by atoms with Crippen LogP contribution < -0.4 is 9.47 Å². The number of carboxylic acid groups (broad SMARTS) is 1. The molecule has 2 N–H and O–H groups in total. The molecular weight excluding hydrogens is 308 g/mol. The molecule has 116 valence electrons. The van der Waals surface area contributed by atoms with Crippen molar-refractivity contribution in [3.63, 3.8) is 0 Å². The molecule has 0 aliphatic carbocycles. The Morgan fingerprint density at radius 1 is 1.36 bits per heavy atom. The first-order valence-electron chi connectivity index (χ1n) is 6.90. The average molecular weight is 323 g/mol. The van der Waals surface area contributed by atoms with Gasteiger partial charge >= 0.3 is 5.97 Å². The molecule has 2 aromatic rings. The van der Waals surface area contributed by atoms with E-state index in [0.717, 1.165) is 5.56 Å². The molecule has 2 heterocycles. The van der Waals surface area contributed by atoms with Crippen LogP contribution in [0.4, 0.5) is 0 Å². The van der Waals surface area contributed by atoms with E-state index in [1.165, 1.54) is 6.07 Å². The second-order valence-electron chi connectivity index (χ2n) is 5.30. The number of aromatic nitrogens is 2. The van der Waals surface area contributed by atoms with E-state index in [1.54, 1.807) is 6.07 Å². The maximum atomic E-state index is 11.0. The minimum absolute atomic E-state index is 0.00987. The number of rotatable bonds is 3. The number of nitrogens with zero attached hydrogens (tertiary/aromatic N) is 1. The maximum absolute atomic E-state index is 11.0. The van der Waals surface area contributed by atoms with Crippen molar-refractivity contribution in [3.05, 3.63) is 28.4 Å². The number of fused-ring (bicyclic) bond motifs is 1. The number of H-pyrrole nitrogens is 1. The fraction of sp³-hybridized carbons (Fsp3) is 0.333. The second kappa shape index (κ2) is 5.53. The number of hydrogen-bond acceptors (Lipinski definition) is 4. The first-order chi connectivity index (χ1) is 10.5. The zero-order chi connectivity index (χ0) is 15.9. The van der Waals surface area contributed by atoms with Gasteiger partial charge < -0.3 is 14.6 Å². The largest absolute Gasteiger partial charge is 0.486 e. The van der Waals surface area contributed by atoms with Gasteiger partial charge in [0.2, 0.25) is 0 Å². The highest BCUT2D eigenvalue weighted by Gasteiger charge is 2.26. The van der Waals surface area contributed by atoms with Crippen molar-refractivity contribution in [2.75, 3.05) is 13.2 Å². The Bertz CT molecular complexity index is 739. The van der Waals surface area contributed by atoms with Crippen LogP contribution >= 0.6 is 11.6 Å². The third-order valence-electron chi connectivity index (χ3n) is 3.46. The van der Waals surface area contributed by atoms with E-state index in [2.05, 4.69) is 10.2 Å². The molecular formula is C15H15ClN2O4. The molecule has 22 heavy (non-hydrogen) atoms. The number of ether oxygens (including phenoxy) is 2. The van der Waals surface area contributed by atoms with Crippen molar-refractivity contribution in [1.29, 1.82) is 0 Å². The lowest BCUT2D eigenvalue weighted by Gasteiger charge is -2.25. The van der Waals surface area contributed by atoms with Crippen molar-refractivity contribution in [1.82, 2.24) is 10.2 Å². The van der Waals surface area contributed by atoms with Crippen molar-refractivity contribution in [3.8, 4) is 22.8 Å². The van der Waals surface area contributed by atoms with Crippen LogP contribution in [0.2, 0.25) is 5.02 Å². The second-order valence-corrected chi connectivity index (χ2v) is 5.71. The van der Waals surface area contributed by atoms with Crippen LogP contribution in [0.5, 0.6) is 11.5 Å². The summed E-state index contributed by atoms with van der Waals surface area (Å²) < 4.78 is 11.3. The lowest BCUT2D eigenvalue weighted by molar-refractivity contribution is 0.0690. The van der Waals surface area contributed by atoms with Crippen LogP contribution in [-0.2, 0) is 0 Å². The standard InChI is InChI=1S/C15H15ClN2O4/c1-7(2)12-13(9-6-10(15(19)20)18-17-9)8(16)5-11-14(12)22-4-3-21-11/h5-7H,3-4H2,1-2H3,(H,17,18)(H,19,20). The summed E-state index contributed by atoms with van der Waals surface area (Å²) in [5.41, 5.74) is 2.02. The number of carboxylic acids is 1. The molecule has 6 nitrogen and oxygen atoms in total. The fourth-order valence-corrected chi connectivity index (χ4v) is 2.85. The predicted molar refractivity (Wildman–Crippen MR) is 81.1 cm³/mol. The highest BCUT2D eigenvalue weighted by atomic mass is 35.5. The monoisotopic (exact) mass is 322 g/mol. The normalized spacial score (nSPS) is 13.5. The van der Waals surface area contributed by atoms with Crippen LogP contribution in [0.25, 0.3) is 11.3 Å². The summed E-state index contributed by atoms with van der Waals surface area (Å²) in [5, 5.41) is 16.1. The van der Waals surface area contributed by atoms with Gasteiger partial charge in [0.15, 0.2) is 11.5 Å². The number of aromatic carboxylic acids is 1. The first kappa shape index (κ1) is 14.7. The van der Waals surface area contributed by atoms with Gasteiger partial charge in [0.1, 0.15) is 18.9 Å². The Morgan fingerprint density at radius 2 is 2.09 bits per heavy atom. The van der Waals surface area contributed by atoms with E-state index in [1.807, 2.05) is 13.8 Å². The molecule has 0 amide bonds. The Balaban J connectivity index is 2.23. The molecule has 1 aromatic heterocycles. The minimum Gasteiger partial charge on any atom is -0.486 e. The van der Waals surface area contributed by atoms with E-state index in [4.69, 9.17) is 26.2 Å². The summed E-state index contributed by atoms with van der Waals surface area (Å²) in [4.78, 5) is 11.0. The summed E-state index contributed by atoms with van der Waals surface area (Å²) in [7, 11) is 0. The SMILES string of the molecule is CC(C)c1c2c(cc(Cl)c1-c1cc(C(=O)O)[nH]n1)OCCO2. The Kier molecular flexibility index (Phi) is 3.70.